The van der Waals surface area contributed by atoms with Crippen LogP contribution in [0.25, 0.3) is 0 Å². The number of nitrogens with one attached hydrogen (secondary N) is 2. The Balaban J connectivity index is 1.77. The molecule has 0 aliphatic carbocycles. The predicted octanol–water partition coefficient (Wildman–Crippen LogP) is 3.25. The van der Waals surface area contributed by atoms with Crippen molar-refractivity contribution >= 4 is 5.82 Å². The normalized spacial score (nSPS) is 15.0. The maximum atomic E-state index is 14.6. The summed E-state index contributed by atoms with van der Waals surface area (Å²) in [6.45, 7) is 1.67. The van der Waals surface area contributed by atoms with Crippen LogP contribution in [0.5, 0.6) is 11.5 Å². The maximum absolute atomic E-state index is 14.6. The topological polar surface area (TPSA) is 64.6 Å². The van der Waals surface area contributed by atoms with E-state index in [1.165, 1.54) is 6.07 Å². The zero-order valence-corrected chi connectivity index (χ0v) is 16.5. The molecule has 1 aliphatic rings. The van der Waals surface area contributed by atoms with Crippen molar-refractivity contribution in [3.63, 3.8) is 0 Å². The number of rotatable bonds is 10. The summed E-state index contributed by atoms with van der Waals surface area (Å²) in [4.78, 5) is 4.36. The van der Waals surface area contributed by atoms with Gasteiger partial charge in [0.25, 0.3) is 0 Å². The third kappa shape index (κ3) is 5.42. The lowest BCUT2D eigenvalue weighted by Gasteiger charge is -2.22. The molecule has 0 radical (unpaired) electrons. The van der Waals surface area contributed by atoms with E-state index < -0.39 is 11.6 Å². The lowest BCUT2D eigenvalue weighted by atomic mass is 9.90. The molecule has 1 aliphatic heterocycles. The van der Waals surface area contributed by atoms with Crippen molar-refractivity contribution in [2.75, 3.05) is 45.8 Å². The molecule has 0 spiro atoms. The number of nitrogens with zero attached hydrogens (tertiary/aromatic N) is 1. The smallest absolute Gasteiger partial charge is 0.165 e. The van der Waals surface area contributed by atoms with Crippen LogP contribution in [0.15, 0.2) is 36.7 Å². The molecule has 2 aromatic rings. The van der Waals surface area contributed by atoms with Crippen LogP contribution >= 0.6 is 0 Å². The average molecular weight is 405 g/mol. The Morgan fingerprint density at radius 2 is 1.97 bits per heavy atom. The van der Waals surface area contributed by atoms with E-state index in [4.69, 9.17) is 14.2 Å². The fourth-order valence-electron chi connectivity index (χ4n) is 3.05. The minimum absolute atomic E-state index is 0.0850. The largest absolute Gasteiger partial charge is 0.490 e. The number of benzene rings is 1. The molecule has 0 fully saturated rings. The van der Waals surface area contributed by atoms with E-state index >= 15 is 0 Å². The molecule has 1 aromatic carbocycles. The van der Waals surface area contributed by atoms with Crippen molar-refractivity contribution in [2.45, 2.75) is 12.3 Å². The first-order valence-corrected chi connectivity index (χ1v) is 9.42. The molecule has 6 nitrogen and oxygen atoms in total. The van der Waals surface area contributed by atoms with Crippen molar-refractivity contribution in [1.29, 1.82) is 0 Å². The molecule has 156 valence electrons. The van der Waals surface area contributed by atoms with Gasteiger partial charge in [0.2, 0.25) is 0 Å². The summed E-state index contributed by atoms with van der Waals surface area (Å²) in [5, 5.41) is 5.96. The van der Waals surface area contributed by atoms with E-state index in [9.17, 15) is 8.78 Å². The summed E-state index contributed by atoms with van der Waals surface area (Å²) >= 11 is 0. The Bertz CT molecular complexity index is 861. The third-order valence-electron chi connectivity index (χ3n) is 4.55. The molecule has 1 atom stereocenters. The third-order valence-corrected chi connectivity index (χ3v) is 4.55. The lowest BCUT2D eigenvalue weighted by molar-refractivity contribution is 0.146. The average Bonchev–Trinajstić information content (AvgIpc) is 2.72. The highest BCUT2D eigenvalue weighted by molar-refractivity contribution is 5.55. The molecular formula is C21H25F2N3O3. The quantitative estimate of drug-likeness (QED) is 0.592. The second-order valence-corrected chi connectivity index (χ2v) is 6.59. The SMILES string of the molecule is CNCCOc1cc(F)c(CC2C=CNc3ncc(OCCOC)cc32)cc1F. The second-order valence-electron chi connectivity index (χ2n) is 6.59. The van der Waals surface area contributed by atoms with E-state index in [1.54, 1.807) is 26.6 Å². The molecule has 0 amide bonds. The molecular weight excluding hydrogens is 380 g/mol. The van der Waals surface area contributed by atoms with Crippen LogP contribution in [-0.2, 0) is 11.2 Å². The zero-order valence-electron chi connectivity index (χ0n) is 16.5. The van der Waals surface area contributed by atoms with Crippen molar-refractivity contribution in [2.24, 2.45) is 0 Å². The summed E-state index contributed by atoms with van der Waals surface area (Å²) in [7, 11) is 3.36. The second kappa shape index (κ2) is 10.2. The van der Waals surface area contributed by atoms with Crippen LogP contribution in [0.1, 0.15) is 17.0 Å². The van der Waals surface area contributed by atoms with E-state index in [0.29, 0.717) is 31.3 Å². The van der Waals surface area contributed by atoms with Crippen molar-refractivity contribution in [3.8, 4) is 11.5 Å². The predicted molar refractivity (Wildman–Crippen MR) is 107 cm³/mol. The number of likely N-dealkylation sites (N-methyl/N-ethyl adjacent to an activating group) is 1. The molecule has 8 heteroatoms. The number of hydrogen-bond donors (Lipinski definition) is 2. The van der Waals surface area contributed by atoms with Gasteiger partial charge < -0.3 is 24.8 Å². The Kier molecular flexibility index (Phi) is 7.37. The van der Waals surface area contributed by atoms with E-state index in [-0.39, 0.29) is 30.3 Å². The van der Waals surface area contributed by atoms with Crippen molar-refractivity contribution < 1.29 is 23.0 Å². The maximum Gasteiger partial charge on any atom is 0.165 e. The van der Waals surface area contributed by atoms with Crippen LogP contribution in [-0.4, -0.2) is 45.5 Å². The van der Waals surface area contributed by atoms with Gasteiger partial charge in [0.15, 0.2) is 11.6 Å². The minimum atomic E-state index is -0.578. The van der Waals surface area contributed by atoms with Gasteiger partial charge in [-0.25, -0.2) is 13.8 Å². The number of anilines is 1. The van der Waals surface area contributed by atoms with Crippen LogP contribution in [0.2, 0.25) is 0 Å². The summed E-state index contributed by atoms with van der Waals surface area (Å²) in [6.07, 6.45) is 5.57. The Morgan fingerprint density at radius 3 is 2.76 bits per heavy atom. The fourth-order valence-corrected chi connectivity index (χ4v) is 3.05. The van der Waals surface area contributed by atoms with Gasteiger partial charge in [0.1, 0.15) is 30.6 Å². The molecule has 1 aromatic heterocycles. The number of methoxy groups -OCH3 is 1. The standard InChI is InChI=1S/C21H25F2N3O3/c1-24-5-6-29-20-12-18(22)15(10-19(20)23)9-14-3-4-25-21-17(14)11-16(13-26-21)28-8-7-27-2/h3-4,10-14,24H,5-9H2,1-2H3,(H,25,26). The fraction of sp³-hybridized carbons (Fsp3) is 0.381. The highest BCUT2D eigenvalue weighted by Crippen LogP contribution is 2.34. The van der Waals surface area contributed by atoms with E-state index in [1.807, 2.05) is 12.1 Å². The molecule has 1 unspecified atom stereocenters. The summed E-state index contributed by atoms with van der Waals surface area (Å²) < 4.78 is 44.8. The highest BCUT2D eigenvalue weighted by Gasteiger charge is 2.21. The first-order valence-electron chi connectivity index (χ1n) is 9.42. The van der Waals surface area contributed by atoms with Gasteiger partial charge in [-0.2, -0.15) is 0 Å². The Labute approximate surface area is 168 Å². The molecule has 2 N–H and O–H groups in total. The van der Waals surface area contributed by atoms with E-state index in [2.05, 4.69) is 15.6 Å². The number of fused-ring (bicyclic) bond motifs is 1. The van der Waals surface area contributed by atoms with Crippen LogP contribution < -0.4 is 20.1 Å². The molecule has 0 saturated carbocycles. The molecule has 2 heterocycles. The monoisotopic (exact) mass is 405 g/mol. The summed E-state index contributed by atoms with van der Waals surface area (Å²) in [5.74, 6) is -0.0644. The van der Waals surface area contributed by atoms with Crippen LogP contribution in [0.3, 0.4) is 0 Å². The van der Waals surface area contributed by atoms with Crippen LogP contribution in [0.4, 0.5) is 14.6 Å². The number of aromatic nitrogens is 1. The summed E-state index contributed by atoms with van der Waals surface area (Å²) in [5.41, 5.74) is 1.13. The molecule has 3 rings (SSSR count). The van der Waals surface area contributed by atoms with E-state index in [0.717, 1.165) is 11.6 Å². The number of halogens is 2. The number of hydrogen-bond acceptors (Lipinski definition) is 6. The highest BCUT2D eigenvalue weighted by atomic mass is 19.1. The molecule has 0 bridgehead atoms. The van der Waals surface area contributed by atoms with Crippen LogP contribution in [0, 0.1) is 11.6 Å². The summed E-state index contributed by atoms with van der Waals surface area (Å²) in [6, 6.07) is 4.17. The van der Waals surface area contributed by atoms with Crippen molar-refractivity contribution in [1.82, 2.24) is 10.3 Å². The Hall–Kier alpha value is -2.71. The number of ether oxygens (including phenoxy) is 3. The van der Waals surface area contributed by atoms with Gasteiger partial charge in [-0.05, 0) is 37.4 Å². The van der Waals surface area contributed by atoms with Gasteiger partial charge in [0, 0.05) is 31.2 Å². The first kappa shape index (κ1) is 21.0. The van der Waals surface area contributed by atoms with Gasteiger partial charge in [-0.15, -0.1) is 0 Å². The minimum Gasteiger partial charge on any atom is -0.490 e. The van der Waals surface area contributed by atoms with Gasteiger partial charge in [0.05, 0.1) is 12.8 Å². The van der Waals surface area contributed by atoms with Gasteiger partial charge >= 0.3 is 0 Å². The van der Waals surface area contributed by atoms with Gasteiger partial charge in [-0.3, -0.25) is 0 Å². The first-order chi connectivity index (χ1) is 14.1. The van der Waals surface area contributed by atoms with Crippen molar-refractivity contribution in [3.05, 3.63) is 59.4 Å². The molecule has 29 heavy (non-hydrogen) atoms. The molecule has 0 saturated heterocycles. The van der Waals surface area contributed by atoms with Gasteiger partial charge in [-0.1, -0.05) is 6.08 Å². The Morgan fingerprint density at radius 1 is 1.10 bits per heavy atom. The zero-order chi connectivity index (χ0) is 20.6. The lowest BCUT2D eigenvalue weighted by Crippen LogP contribution is -2.16. The number of allylic oxidation sites excluding steroid dienone is 1. The number of pyridine rings is 1.